The van der Waals surface area contributed by atoms with Crippen LogP contribution in [0.2, 0.25) is 0 Å². The van der Waals surface area contributed by atoms with Gasteiger partial charge in [-0.25, -0.2) is 9.50 Å². The molecular weight excluding hydrogens is 390 g/mol. The summed E-state index contributed by atoms with van der Waals surface area (Å²) in [6.07, 6.45) is 5.53. The second kappa shape index (κ2) is 8.18. The van der Waals surface area contributed by atoms with Crippen LogP contribution in [0.3, 0.4) is 0 Å². The zero-order chi connectivity index (χ0) is 21.2. The van der Waals surface area contributed by atoms with E-state index in [0.29, 0.717) is 12.2 Å². The summed E-state index contributed by atoms with van der Waals surface area (Å²) in [5.41, 5.74) is 3.38. The van der Waals surface area contributed by atoms with E-state index >= 15 is 0 Å². The Hall–Kier alpha value is -3.74. The summed E-state index contributed by atoms with van der Waals surface area (Å²) in [6, 6.07) is 17.4. The molecule has 1 atom stereocenters. The number of ether oxygens (including phenoxy) is 1. The predicted octanol–water partition coefficient (Wildman–Crippen LogP) is 3.82. The van der Waals surface area contributed by atoms with Crippen molar-refractivity contribution in [2.24, 2.45) is 0 Å². The molecule has 1 amide bonds. The van der Waals surface area contributed by atoms with E-state index in [0.717, 1.165) is 47.7 Å². The molecule has 156 valence electrons. The summed E-state index contributed by atoms with van der Waals surface area (Å²) in [5, 5.41) is 4.75. The summed E-state index contributed by atoms with van der Waals surface area (Å²) in [7, 11) is 1.66. The van der Waals surface area contributed by atoms with Crippen LogP contribution in [0.5, 0.6) is 5.75 Å². The number of nitrogens with zero attached hydrogens (tertiary/aromatic N) is 5. The van der Waals surface area contributed by atoms with Gasteiger partial charge in [0.2, 0.25) is 0 Å². The molecule has 31 heavy (non-hydrogen) atoms. The number of amides is 1. The highest BCUT2D eigenvalue weighted by atomic mass is 16.5. The van der Waals surface area contributed by atoms with Crippen LogP contribution in [-0.4, -0.2) is 50.6 Å². The standard InChI is InChI=1S/C24H23N5O2/c1-31-20-8-4-6-17(14-20)18-10-11-22-26-23(27-29(22)16-18)19-7-5-13-28(15-19)24(30)21-9-2-3-12-25-21/h2-4,6,8-12,14,16,19H,5,7,13,15H2,1H3/t19-/m0/s1. The number of likely N-dealkylation sites (tertiary alicyclic amines) is 1. The van der Waals surface area contributed by atoms with E-state index in [-0.39, 0.29) is 11.8 Å². The molecule has 0 aliphatic carbocycles. The van der Waals surface area contributed by atoms with Gasteiger partial charge < -0.3 is 9.64 Å². The summed E-state index contributed by atoms with van der Waals surface area (Å²) < 4.78 is 7.16. The molecule has 0 N–H and O–H groups in total. The number of fused-ring (bicyclic) bond motifs is 1. The zero-order valence-corrected chi connectivity index (χ0v) is 17.3. The topological polar surface area (TPSA) is 72.6 Å². The van der Waals surface area contributed by atoms with Gasteiger partial charge in [0.05, 0.1) is 7.11 Å². The molecule has 1 fully saturated rings. The summed E-state index contributed by atoms with van der Waals surface area (Å²) in [4.78, 5) is 23.6. The van der Waals surface area contributed by atoms with Gasteiger partial charge in [0.15, 0.2) is 11.5 Å². The fraction of sp³-hybridized carbons (Fsp3) is 0.250. The molecule has 3 aromatic heterocycles. The molecule has 0 radical (unpaired) electrons. The maximum Gasteiger partial charge on any atom is 0.272 e. The molecule has 7 nitrogen and oxygen atoms in total. The normalized spacial score (nSPS) is 16.4. The third-order valence-electron chi connectivity index (χ3n) is 5.71. The minimum Gasteiger partial charge on any atom is -0.497 e. The Balaban J connectivity index is 1.39. The van der Waals surface area contributed by atoms with Gasteiger partial charge in [0, 0.05) is 37.0 Å². The van der Waals surface area contributed by atoms with E-state index in [9.17, 15) is 4.79 Å². The van der Waals surface area contributed by atoms with E-state index < -0.39 is 0 Å². The molecule has 1 aromatic carbocycles. The highest BCUT2D eigenvalue weighted by molar-refractivity contribution is 5.92. The number of rotatable bonds is 4. The molecule has 0 bridgehead atoms. The van der Waals surface area contributed by atoms with Crippen LogP contribution in [0, 0.1) is 0 Å². The molecule has 5 rings (SSSR count). The fourth-order valence-corrected chi connectivity index (χ4v) is 4.07. The van der Waals surface area contributed by atoms with Crippen LogP contribution in [0.25, 0.3) is 16.8 Å². The molecule has 0 saturated carbocycles. The molecule has 4 aromatic rings. The van der Waals surface area contributed by atoms with Gasteiger partial charge in [0.25, 0.3) is 5.91 Å². The van der Waals surface area contributed by atoms with Crippen LogP contribution in [-0.2, 0) is 0 Å². The van der Waals surface area contributed by atoms with Gasteiger partial charge in [-0.3, -0.25) is 9.78 Å². The number of aromatic nitrogens is 4. The van der Waals surface area contributed by atoms with Crippen molar-refractivity contribution in [2.75, 3.05) is 20.2 Å². The quantitative estimate of drug-likeness (QED) is 0.509. The lowest BCUT2D eigenvalue weighted by molar-refractivity contribution is 0.0698. The highest BCUT2D eigenvalue weighted by Gasteiger charge is 2.28. The number of carbonyl (C=O) groups excluding carboxylic acids is 1. The first-order valence-electron chi connectivity index (χ1n) is 10.4. The lowest BCUT2D eigenvalue weighted by Crippen LogP contribution is -2.39. The van der Waals surface area contributed by atoms with Crippen molar-refractivity contribution in [3.63, 3.8) is 0 Å². The molecule has 4 heterocycles. The first-order chi connectivity index (χ1) is 15.2. The number of benzene rings is 1. The summed E-state index contributed by atoms with van der Waals surface area (Å²) >= 11 is 0. The van der Waals surface area contributed by atoms with E-state index in [1.165, 1.54) is 0 Å². The van der Waals surface area contributed by atoms with Crippen LogP contribution in [0.15, 0.2) is 67.0 Å². The van der Waals surface area contributed by atoms with Crippen molar-refractivity contribution in [1.82, 2.24) is 24.5 Å². The second-order valence-corrected chi connectivity index (χ2v) is 7.73. The van der Waals surface area contributed by atoms with Crippen molar-refractivity contribution in [2.45, 2.75) is 18.8 Å². The third-order valence-corrected chi connectivity index (χ3v) is 5.71. The highest BCUT2D eigenvalue weighted by Crippen LogP contribution is 2.28. The molecular formula is C24H23N5O2. The van der Waals surface area contributed by atoms with Crippen molar-refractivity contribution >= 4 is 11.6 Å². The average Bonchev–Trinajstić information content (AvgIpc) is 3.28. The average molecular weight is 413 g/mol. The smallest absolute Gasteiger partial charge is 0.272 e. The number of carbonyl (C=O) groups is 1. The van der Waals surface area contributed by atoms with Crippen molar-refractivity contribution in [1.29, 1.82) is 0 Å². The van der Waals surface area contributed by atoms with Crippen LogP contribution >= 0.6 is 0 Å². The van der Waals surface area contributed by atoms with Crippen LogP contribution < -0.4 is 4.74 Å². The summed E-state index contributed by atoms with van der Waals surface area (Å²) in [6.45, 7) is 1.34. The summed E-state index contributed by atoms with van der Waals surface area (Å²) in [5.74, 6) is 1.68. The SMILES string of the molecule is COc1cccc(-c2ccc3nc([C@H]4CCCN(C(=O)c5ccccn5)C4)nn3c2)c1. The largest absolute Gasteiger partial charge is 0.497 e. The molecule has 0 spiro atoms. The van der Waals surface area contributed by atoms with E-state index in [4.69, 9.17) is 14.8 Å². The maximum absolute atomic E-state index is 12.8. The maximum atomic E-state index is 12.8. The predicted molar refractivity (Wildman–Crippen MR) is 117 cm³/mol. The number of pyridine rings is 2. The Morgan fingerprint density at radius 3 is 2.87 bits per heavy atom. The minimum atomic E-state index is -0.0330. The number of hydrogen-bond donors (Lipinski definition) is 0. The molecule has 7 heteroatoms. The molecule has 1 saturated heterocycles. The van der Waals surface area contributed by atoms with E-state index in [1.807, 2.05) is 64.1 Å². The van der Waals surface area contributed by atoms with Gasteiger partial charge in [-0.15, -0.1) is 0 Å². The first-order valence-corrected chi connectivity index (χ1v) is 10.4. The minimum absolute atomic E-state index is 0.0330. The zero-order valence-electron chi connectivity index (χ0n) is 17.3. The van der Waals surface area contributed by atoms with Crippen LogP contribution in [0.4, 0.5) is 0 Å². The van der Waals surface area contributed by atoms with Gasteiger partial charge in [0.1, 0.15) is 11.4 Å². The molecule has 0 unspecified atom stereocenters. The number of methoxy groups -OCH3 is 1. The monoisotopic (exact) mass is 413 g/mol. The van der Waals surface area contributed by atoms with Gasteiger partial charge in [-0.1, -0.05) is 18.2 Å². The van der Waals surface area contributed by atoms with Crippen molar-refractivity contribution < 1.29 is 9.53 Å². The number of piperidine rings is 1. The Bertz CT molecular complexity index is 1220. The van der Waals surface area contributed by atoms with Gasteiger partial charge in [-0.05, 0) is 54.8 Å². The second-order valence-electron chi connectivity index (χ2n) is 7.73. The lowest BCUT2D eigenvalue weighted by Gasteiger charge is -2.31. The Morgan fingerprint density at radius 2 is 2.03 bits per heavy atom. The first kappa shape index (κ1) is 19.2. The third kappa shape index (κ3) is 3.86. The van der Waals surface area contributed by atoms with Crippen molar-refractivity contribution in [3.8, 4) is 16.9 Å². The van der Waals surface area contributed by atoms with Gasteiger partial charge in [-0.2, -0.15) is 5.10 Å². The Kier molecular flexibility index (Phi) is 5.08. The Morgan fingerprint density at radius 1 is 1.10 bits per heavy atom. The fourth-order valence-electron chi connectivity index (χ4n) is 4.07. The van der Waals surface area contributed by atoms with E-state index in [1.54, 1.807) is 19.4 Å². The molecule has 1 aliphatic rings. The lowest BCUT2D eigenvalue weighted by atomic mass is 9.97. The number of hydrogen-bond acceptors (Lipinski definition) is 5. The van der Waals surface area contributed by atoms with Crippen molar-refractivity contribution in [3.05, 3.63) is 78.5 Å². The van der Waals surface area contributed by atoms with Gasteiger partial charge >= 0.3 is 0 Å². The molecule has 1 aliphatic heterocycles. The van der Waals surface area contributed by atoms with E-state index in [2.05, 4.69) is 4.98 Å². The Labute approximate surface area is 180 Å². The van der Waals surface area contributed by atoms with Crippen LogP contribution in [0.1, 0.15) is 35.1 Å².